The van der Waals surface area contributed by atoms with E-state index in [2.05, 4.69) is 9.94 Å². The number of carbonyl (C=O) groups excluding carboxylic acids is 4. The number of hydrazone groups is 1. The first kappa shape index (κ1) is 16.2. The number of nitrogens with zero attached hydrogens (tertiary/aromatic N) is 2. The minimum atomic E-state index is -0.726. The Labute approximate surface area is 138 Å². The van der Waals surface area contributed by atoms with Gasteiger partial charge in [-0.1, -0.05) is 12.1 Å². The van der Waals surface area contributed by atoms with Gasteiger partial charge in [-0.15, -0.1) is 0 Å². The molecular weight excluding hydrogens is 405 g/mol. The standard InChI is InChI=1S/C13H10IN3O5/c14-12(16-17-9(18)5-6-10(17)19)11(20)7-1-3-8(4-2-7)13(21)22-15/h1-4H,5-6,15H2. The number of benzene rings is 1. The number of carbonyl (C=O) groups is 4. The van der Waals surface area contributed by atoms with Gasteiger partial charge < -0.3 is 4.84 Å². The molecule has 0 atom stereocenters. The molecule has 2 amide bonds. The van der Waals surface area contributed by atoms with Crippen LogP contribution < -0.4 is 5.90 Å². The summed E-state index contributed by atoms with van der Waals surface area (Å²) >= 11 is 1.65. The fraction of sp³-hybridized carbons (Fsp3) is 0.154. The zero-order valence-corrected chi connectivity index (χ0v) is 13.3. The molecule has 0 unspecified atom stereocenters. The molecule has 2 N–H and O–H groups in total. The van der Waals surface area contributed by atoms with Crippen LogP contribution in [-0.2, 0) is 14.4 Å². The minimum Gasteiger partial charge on any atom is -0.370 e. The average Bonchev–Trinajstić information content (AvgIpc) is 2.85. The molecule has 0 spiro atoms. The van der Waals surface area contributed by atoms with Crippen molar-refractivity contribution in [1.82, 2.24) is 5.01 Å². The molecule has 114 valence electrons. The van der Waals surface area contributed by atoms with Crippen molar-refractivity contribution >= 4 is 49.9 Å². The Hall–Kier alpha value is -2.14. The van der Waals surface area contributed by atoms with Crippen LogP contribution in [0, 0.1) is 0 Å². The highest BCUT2D eigenvalue weighted by molar-refractivity contribution is 14.1. The van der Waals surface area contributed by atoms with Crippen LogP contribution in [0.3, 0.4) is 0 Å². The summed E-state index contributed by atoms with van der Waals surface area (Å²) in [6.45, 7) is 0. The molecule has 2 rings (SSSR count). The normalized spacial score (nSPS) is 15.2. The van der Waals surface area contributed by atoms with Crippen LogP contribution in [0.5, 0.6) is 0 Å². The Balaban J connectivity index is 2.18. The second kappa shape index (κ2) is 6.75. The van der Waals surface area contributed by atoms with Gasteiger partial charge in [-0.3, -0.25) is 14.4 Å². The summed E-state index contributed by atoms with van der Waals surface area (Å²) < 4.78 is -0.0321. The highest BCUT2D eigenvalue weighted by Gasteiger charge is 2.30. The third kappa shape index (κ3) is 3.36. The van der Waals surface area contributed by atoms with Gasteiger partial charge in [0, 0.05) is 18.4 Å². The first-order chi connectivity index (χ1) is 10.4. The van der Waals surface area contributed by atoms with E-state index < -0.39 is 23.6 Å². The van der Waals surface area contributed by atoms with Gasteiger partial charge in [-0.05, 0) is 34.7 Å². The predicted molar refractivity (Wildman–Crippen MR) is 82.9 cm³/mol. The summed E-state index contributed by atoms with van der Waals surface area (Å²) in [4.78, 5) is 50.3. The van der Waals surface area contributed by atoms with Crippen molar-refractivity contribution in [1.29, 1.82) is 0 Å². The molecule has 1 heterocycles. The zero-order chi connectivity index (χ0) is 16.3. The Bertz CT molecular complexity index is 667. The van der Waals surface area contributed by atoms with Crippen LogP contribution >= 0.6 is 22.6 Å². The van der Waals surface area contributed by atoms with Crippen molar-refractivity contribution in [2.45, 2.75) is 12.8 Å². The monoisotopic (exact) mass is 415 g/mol. The fourth-order valence-corrected chi connectivity index (χ4v) is 2.28. The zero-order valence-electron chi connectivity index (χ0n) is 11.1. The summed E-state index contributed by atoms with van der Waals surface area (Å²) in [5, 5.41) is 4.47. The number of hydrogen-bond acceptors (Lipinski definition) is 7. The Morgan fingerprint density at radius 3 is 2.09 bits per heavy atom. The number of Topliss-reactive ketones (excluding diaryl/α,β-unsaturated/α-hetero) is 1. The van der Waals surface area contributed by atoms with Gasteiger partial charge >= 0.3 is 5.97 Å². The average molecular weight is 415 g/mol. The van der Waals surface area contributed by atoms with Crippen LogP contribution in [0.15, 0.2) is 29.4 Å². The van der Waals surface area contributed by atoms with E-state index in [0.29, 0.717) is 5.01 Å². The molecule has 1 fully saturated rings. The number of amides is 2. The number of imide groups is 1. The molecule has 1 aliphatic heterocycles. The topological polar surface area (TPSA) is 119 Å². The summed E-state index contributed by atoms with van der Waals surface area (Å²) in [7, 11) is 0. The first-order valence-corrected chi connectivity index (χ1v) is 7.17. The molecule has 9 heteroatoms. The van der Waals surface area contributed by atoms with Gasteiger partial charge in [0.05, 0.1) is 5.56 Å². The molecule has 1 aromatic carbocycles. The number of rotatable bonds is 4. The van der Waals surface area contributed by atoms with Crippen molar-refractivity contribution in [3.63, 3.8) is 0 Å². The Morgan fingerprint density at radius 1 is 1.09 bits per heavy atom. The molecule has 1 aromatic rings. The lowest BCUT2D eigenvalue weighted by Gasteiger charge is -2.07. The van der Waals surface area contributed by atoms with Gasteiger partial charge in [-0.25, -0.2) is 4.79 Å². The van der Waals surface area contributed by atoms with Gasteiger partial charge in [0.25, 0.3) is 0 Å². The van der Waals surface area contributed by atoms with E-state index in [1.54, 1.807) is 22.6 Å². The maximum absolute atomic E-state index is 12.2. The number of halogens is 1. The minimum absolute atomic E-state index is 0.0321. The molecule has 0 aromatic heterocycles. The summed E-state index contributed by atoms with van der Waals surface area (Å²) in [6.07, 6.45) is 0.187. The lowest BCUT2D eigenvalue weighted by Crippen LogP contribution is -2.25. The molecule has 22 heavy (non-hydrogen) atoms. The summed E-state index contributed by atoms with van der Waals surface area (Å²) in [6, 6.07) is 5.55. The van der Waals surface area contributed by atoms with Crippen molar-refractivity contribution in [3.8, 4) is 0 Å². The van der Waals surface area contributed by atoms with Gasteiger partial charge in [0.1, 0.15) is 0 Å². The molecule has 0 saturated carbocycles. The lowest BCUT2D eigenvalue weighted by molar-refractivity contribution is -0.138. The van der Waals surface area contributed by atoms with E-state index in [0.717, 1.165) is 0 Å². The Kier molecular flexibility index (Phi) is 4.98. The van der Waals surface area contributed by atoms with Crippen LogP contribution in [0.2, 0.25) is 0 Å². The van der Waals surface area contributed by atoms with Gasteiger partial charge in [0.15, 0.2) is 3.72 Å². The molecular formula is C13H10IN3O5. The Morgan fingerprint density at radius 2 is 1.59 bits per heavy atom. The highest BCUT2D eigenvalue weighted by Crippen LogP contribution is 2.15. The third-order valence-corrected chi connectivity index (χ3v) is 3.60. The van der Waals surface area contributed by atoms with Gasteiger partial charge in [0.2, 0.25) is 17.6 Å². The fourth-order valence-electron chi connectivity index (χ4n) is 1.75. The predicted octanol–water partition coefficient (Wildman–Crippen LogP) is 0.797. The maximum Gasteiger partial charge on any atom is 0.356 e. The molecule has 0 aliphatic carbocycles. The van der Waals surface area contributed by atoms with E-state index in [4.69, 9.17) is 5.90 Å². The summed E-state index contributed by atoms with van der Waals surface area (Å²) in [5.74, 6) is 2.69. The van der Waals surface area contributed by atoms with E-state index in [-0.39, 0.29) is 27.7 Å². The van der Waals surface area contributed by atoms with Crippen molar-refractivity contribution < 1.29 is 24.0 Å². The summed E-state index contributed by atoms with van der Waals surface area (Å²) in [5.41, 5.74) is 0.441. The van der Waals surface area contributed by atoms with E-state index in [1.165, 1.54) is 24.3 Å². The third-order valence-electron chi connectivity index (χ3n) is 2.89. The first-order valence-electron chi connectivity index (χ1n) is 6.09. The van der Waals surface area contributed by atoms with E-state index in [1.807, 2.05) is 0 Å². The van der Waals surface area contributed by atoms with E-state index >= 15 is 0 Å². The van der Waals surface area contributed by atoms with Crippen LogP contribution in [0.4, 0.5) is 0 Å². The second-order valence-electron chi connectivity index (χ2n) is 4.30. The van der Waals surface area contributed by atoms with E-state index in [9.17, 15) is 19.2 Å². The number of hydrogen-bond donors (Lipinski definition) is 1. The second-order valence-corrected chi connectivity index (χ2v) is 5.32. The van der Waals surface area contributed by atoms with Crippen LogP contribution in [0.25, 0.3) is 0 Å². The quantitative estimate of drug-likeness (QED) is 0.256. The largest absolute Gasteiger partial charge is 0.370 e. The van der Waals surface area contributed by atoms with Crippen LogP contribution in [0.1, 0.15) is 33.6 Å². The van der Waals surface area contributed by atoms with Crippen molar-refractivity contribution in [2.75, 3.05) is 0 Å². The molecule has 1 saturated heterocycles. The lowest BCUT2D eigenvalue weighted by atomic mass is 10.1. The smallest absolute Gasteiger partial charge is 0.356 e. The number of nitrogens with two attached hydrogens (primary N) is 1. The number of ketones is 1. The molecule has 8 nitrogen and oxygen atoms in total. The molecule has 0 radical (unpaired) electrons. The van der Waals surface area contributed by atoms with Crippen molar-refractivity contribution in [2.24, 2.45) is 11.0 Å². The van der Waals surface area contributed by atoms with Crippen LogP contribution in [-0.4, -0.2) is 32.3 Å². The highest BCUT2D eigenvalue weighted by atomic mass is 127. The molecule has 1 aliphatic rings. The van der Waals surface area contributed by atoms with Gasteiger partial charge in [-0.2, -0.15) is 16.0 Å². The maximum atomic E-state index is 12.2. The molecule has 0 bridgehead atoms. The van der Waals surface area contributed by atoms with Crippen molar-refractivity contribution in [3.05, 3.63) is 35.4 Å². The SMILES string of the molecule is NOC(=O)c1ccc(C(=O)C(I)=NN2C(=O)CCC2=O)cc1.